The van der Waals surface area contributed by atoms with E-state index in [-0.39, 0.29) is 0 Å². The zero-order valence-electron chi connectivity index (χ0n) is 11.4. The molecule has 2 aliphatic heterocycles. The third-order valence-electron chi connectivity index (χ3n) is 4.03. The van der Waals surface area contributed by atoms with E-state index in [1.165, 1.54) is 50.1 Å². The van der Waals surface area contributed by atoms with Gasteiger partial charge in [-0.2, -0.15) is 0 Å². The lowest BCUT2D eigenvalue weighted by Crippen LogP contribution is -2.49. The highest BCUT2D eigenvalue weighted by atomic mass is 32.2. The standard InChI is InChI=1S/C15H22N3S/c1-2-10-18(11-3-1)15-12-14(6-9-17-15)19-13-4-7-16-8-5-13/h4-5,7-8,14-15H,1-3,6,9-12H2/t14?,15-/m1/s1. The van der Waals surface area contributed by atoms with Crippen molar-refractivity contribution >= 4 is 11.8 Å². The minimum atomic E-state index is 0.480. The normalized spacial score (nSPS) is 29.3. The summed E-state index contributed by atoms with van der Waals surface area (Å²) >= 11 is 2.01. The molecule has 1 aromatic heterocycles. The number of hydrogen-bond acceptors (Lipinski definition) is 3. The molecule has 19 heavy (non-hydrogen) atoms. The highest BCUT2D eigenvalue weighted by Gasteiger charge is 2.28. The maximum absolute atomic E-state index is 4.85. The van der Waals surface area contributed by atoms with Gasteiger partial charge in [-0.1, -0.05) is 6.42 Å². The molecule has 3 rings (SSSR count). The first-order valence-corrected chi connectivity index (χ1v) is 8.27. The minimum absolute atomic E-state index is 0.480. The zero-order chi connectivity index (χ0) is 12.9. The van der Waals surface area contributed by atoms with Crippen LogP contribution in [0.5, 0.6) is 0 Å². The van der Waals surface area contributed by atoms with E-state index in [0.29, 0.717) is 11.4 Å². The Morgan fingerprint density at radius 1 is 1.11 bits per heavy atom. The summed E-state index contributed by atoms with van der Waals surface area (Å²) in [6.45, 7) is 3.53. The predicted molar refractivity (Wildman–Crippen MR) is 79.3 cm³/mol. The van der Waals surface area contributed by atoms with Gasteiger partial charge in [0.05, 0.1) is 6.17 Å². The van der Waals surface area contributed by atoms with Crippen molar-refractivity contribution < 1.29 is 0 Å². The number of hydrogen-bond donors (Lipinski definition) is 0. The van der Waals surface area contributed by atoms with Crippen molar-refractivity contribution in [2.75, 3.05) is 19.6 Å². The maximum atomic E-state index is 4.85. The van der Waals surface area contributed by atoms with Gasteiger partial charge in [-0.15, -0.1) is 11.8 Å². The van der Waals surface area contributed by atoms with Crippen LogP contribution in [0.2, 0.25) is 0 Å². The largest absolute Gasteiger partial charge is 0.287 e. The molecular weight excluding hydrogens is 254 g/mol. The van der Waals surface area contributed by atoms with E-state index >= 15 is 0 Å². The van der Waals surface area contributed by atoms with Crippen LogP contribution in [0, 0.1) is 0 Å². The van der Waals surface area contributed by atoms with Crippen molar-refractivity contribution in [3.8, 4) is 0 Å². The van der Waals surface area contributed by atoms with Gasteiger partial charge in [0.2, 0.25) is 0 Å². The Morgan fingerprint density at radius 3 is 2.68 bits per heavy atom. The number of likely N-dealkylation sites (tertiary alicyclic amines) is 1. The van der Waals surface area contributed by atoms with Crippen LogP contribution in [-0.2, 0) is 0 Å². The van der Waals surface area contributed by atoms with Gasteiger partial charge in [0.15, 0.2) is 0 Å². The number of pyridine rings is 1. The number of aromatic nitrogens is 1. The average molecular weight is 276 g/mol. The molecule has 0 spiro atoms. The van der Waals surface area contributed by atoms with Crippen molar-refractivity contribution in [3.63, 3.8) is 0 Å². The molecule has 3 heterocycles. The number of piperidine rings is 2. The second-order valence-electron chi connectivity index (χ2n) is 5.43. The first kappa shape index (κ1) is 13.4. The van der Waals surface area contributed by atoms with Crippen molar-refractivity contribution in [1.82, 2.24) is 15.2 Å². The number of thioether (sulfide) groups is 1. The predicted octanol–water partition coefficient (Wildman–Crippen LogP) is 2.75. The Hall–Kier alpha value is -0.580. The summed E-state index contributed by atoms with van der Waals surface area (Å²) in [7, 11) is 0. The van der Waals surface area contributed by atoms with Crippen LogP contribution in [-0.4, -0.2) is 40.9 Å². The fourth-order valence-electron chi connectivity index (χ4n) is 2.99. The molecule has 2 aliphatic rings. The van der Waals surface area contributed by atoms with Crippen LogP contribution in [0.4, 0.5) is 0 Å². The molecule has 2 saturated heterocycles. The fraction of sp³-hybridized carbons (Fsp3) is 0.667. The smallest absolute Gasteiger partial charge is 0.0771 e. The van der Waals surface area contributed by atoms with Crippen LogP contribution in [0.1, 0.15) is 32.1 Å². The van der Waals surface area contributed by atoms with Crippen LogP contribution in [0.15, 0.2) is 29.4 Å². The fourth-order valence-corrected chi connectivity index (χ4v) is 4.15. The first-order valence-electron chi connectivity index (χ1n) is 7.39. The average Bonchev–Trinajstić information content (AvgIpc) is 2.49. The first-order chi connectivity index (χ1) is 9.42. The quantitative estimate of drug-likeness (QED) is 0.850. The molecule has 0 aromatic carbocycles. The molecule has 2 atom stereocenters. The van der Waals surface area contributed by atoms with E-state index in [1.54, 1.807) is 0 Å². The van der Waals surface area contributed by atoms with E-state index in [4.69, 9.17) is 5.32 Å². The Bertz CT molecular complexity index is 378. The Morgan fingerprint density at radius 2 is 1.89 bits per heavy atom. The Kier molecular flexibility index (Phi) is 4.75. The summed E-state index contributed by atoms with van der Waals surface area (Å²) in [5.41, 5.74) is 0. The van der Waals surface area contributed by atoms with E-state index < -0.39 is 0 Å². The molecule has 3 nitrogen and oxygen atoms in total. The van der Waals surface area contributed by atoms with Gasteiger partial charge in [-0.25, -0.2) is 5.32 Å². The summed E-state index contributed by atoms with van der Waals surface area (Å²) < 4.78 is 0. The molecule has 1 radical (unpaired) electrons. The monoisotopic (exact) mass is 276 g/mol. The van der Waals surface area contributed by atoms with Gasteiger partial charge in [0.25, 0.3) is 0 Å². The molecule has 0 saturated carbocycles. The summed E-state index contributed by atoms with van der Waals surface area (Å²) in [4.78, 5) is 8.03. The van der Waals surface area contributed by atoms with Gasteiger partial charge in [-0.3, -0.25) is 9.88 Å². The molecule has 1 aromatic rings. The lowest BCUT2D eigenvalue weighted by Gasteiger charge is -2.38. The zero-order valence-corrected chi connectivity index (χ0v) is 12.2. The van der Waals surface area contributed by atoms with Crippen LogP contribution < -0.4 is 5.32 Å². The van der Waals surface area contributed by atoms with Crippen molar-refractivity contribution in [2.24, 2.45) is 0 Å². The molecule has 103 valence electrons. The van der Waals surface area contributed by atoms with Crippen LogP contribution in [0.25, 0.3) is 0 Å². The third-order valence-corrected chi connectivity index (χ3v) is 5.34. The van der Waals surface area contributed by atoms with Crippen LogP contribution >= 0.6 is 11.8 Å². The molecule has 1 unspecified atom stereocenters. The summed E-state index contributed by atoms with van der Waals surface area (Å²) in [5, 5.41) is 5.56. The van der Waals surface area contributed by atoms with Gasteiger partial charge >= 0.3 is 0 Å². The summed E-state index contributed by atoms with van der Waals surface area (Å²) in [5.74, 6) is 0. The molecule has 0 N–H and O–H groups in total. The lowest BCUT2D eigenvalue weighted by molar-refractivity contribution is 0.113. The number of nitrogens with zero attached hydrogens (tertiary/aromatic N) is 3. The lowest BCUT2D eigenvalue weighted by atomic mass is 10.1. The van der Waals surface area contributed by atoms with Crippen molar-refractivity contribution in [1.29, 1.82) is 0 Å². The highest BCUT2D eigenvalue weighted by molar-refractivity contribution is 8.00. The maximum Gasteiger partial charge on any atom is 0.0771 e. The highest BCUT2D eigenvalue weighted by Crippen LogP contribution is 2.31. The van der Waals surface area contributed by atoms with Gasteiger partial charge in [0.1, 0.15) is 0 Å². The van der Waals surface area contributed by atoms with Crippen LogP contribution in [0.3, 0.4) is 0 Å². The van der Waals surface area contributed by atoms with Crippen molar-refractivity contribution in [2.45, 2.75) is 48.4 Å². The number of rotatable bonds is 3. The molecule has 2 fully saturated rings. The van der Waals surface area contributed by atoms with Gasteiger partial charge < -0.3 is 0 Å². The molecule has 0 amide bonds. The topological polar surface area (TPSA) is 30.2 Å². The van der Waals surface area contributed by atoms with Gasteiger partial charge in [-0.05, 0) is 50.9 Å². The molecule has 4 heteroatoms. The van der Waals surface area contributed by atoms with E-state index in [9.17, 15) is 0 Å². The molecular formula is C15H22N3S. The van der Waals surface area contributed by atoms with Crippen molar-refractivity contribution in [3.05, 3.63) is 24.5 Å². The summed E-state index contributed by atoms with van der Waals surface area (Å²) in [6.07, 6.45) is 10.8. The summed E-state index contributed by atoms with van der Waals surface area (Å²) in [6, 6.07) is 4.23. The second-order valence-corrected chi connectivity index (χ2v) is 6.80. The Labute approximate surface area is 120 Å². The molecule has 0 aliphatic carbocycles. The van der Waals surface area contributed by atoms with E-state index in [1.807, 2.05) is 24.2 Å². The molecule has 0 bridgehead atoms. The van der Waals surface area contributed by atoms with E-state index in [0.717, 1.165) is 6.54 Å². The third kappa shape index (κ3) is 3.71. The minimum Gasteiger partial charge on any atom is -0.287 e. The van der Waals surface area contributed by atoms with E-state index in [2.05, 4.69) is 22.0 Å². The van der Waals surface area contributed by atoms with Gasteiger partial charge in [0, 0.05) is 29.1 Å². The second kappa shape index (κ2) is 6.73. The SMILES string of the molecule is c1cc(SC2CC[N][C@H](N3CCCCC3)C2)ccn1. The Balaban J connectivity index is 1.55.